The molecule has 1 aromatic rings. The molecular formula is C14H17Cl. The molecule has 15 heavy (non-hydrogen) atoms. The molecule has 1 heteroatoms. The van der Waals surface area contributed by atoms with Crippen molar-refractivity contribution in [2.45, 2.75) is 49.3 Å². The van der Waals surface area contributed by atoms with Crippen LogP contribution < -0.4 is 0 Å². The zero-order valence-corrected chi connectivity index (χ0v) is 9.98. The minimum Gasteiger partial charge on any atom is -0.119 e. The molecule has 0 aliphatic heterocycles. The second kappa shape index (κ2) is 3.01. The summed E-state index contributed by atoms with van der Waals surface area (Å²) in [5, 5.41) is 0. The van der Waals surface area contributed by atoms with Crippen LogP contribution in [0, 0.1) is 0 Å². The van der Waals surface area contributed by atoms with Crippen molar-refractivity contribution in [2.24, 2.45) is 0 Å². The van der Waals surface area contributed by atoms with E-state index in [-0.39, 0.29) is 4.87 Å². The van der Waals surface area contributed by atoms with Crippen molar-refractivity contribution in [3.05, 3.63) is 35.4 Å². The van der Waals surface area contributed by atoms with Gasteiger partial charge in [0.05, 0.1) is 0 Å². The van der Waals surface area contributed by atoms with Crippen LogP contribution in [0.25, 0.3) is 0 Å². The van der Waals surface area contributed by atoms with Crippen molar-refractivity contribution >= 4 is 11.6 Å². The third kappa shape index (κ3) is 1.34. The molecule has 0 nitrogen and oxygen atoms in total. The monoisotopic (exact) mass is 220 g/mol. The van der Waals surface area contributed by atoms with Crippen LogP contribution in [0.3, 0.4) is 0 Å². The maximum absolute atomic E-state index is 6.29. The molecule has 0 heterocycles. The molecule has 1 aromatic carbocycles. The van der Waals surface area contributed by atoms with Gasteiger partial charge in [0.1, 0.15) is 0 Å². The summed E-state index contributed by atoms with van der Waals surface area (Å²) in [7, 11) is 0. The van der Waals surface area contributed by atoms with Crippen LogP contribution in [0.15, 0.2) is 24.3 Å². The molecule has 4 rings (SSSR count). The summed E-state index contributed by atoms with van der Waals surface area (Å²) in [6.45, 7) is 2.23. The average molecular weight is 221 g/mol. The minimum absolute atomic E-state index is 0.197. The van der Waals surface area contributed by atoms with Gasteiger partial charge >= 0.3 is 0 Å². The van der Waals surface area contributed by atoms with E-state index in [9.17, 15) is 0 Å². The van der Waals surface area contributed by atoms with Gasteiger partial charge in [0, 0.05) is 10.3 Å². The summed E-state index contributed by atoms with van der Waals surface area (Å²) in [5.41, 5.74) is 3.46. The summed E-state index contributed by atoms with van der Waals surface area (Å²) in [6, 6.07) is 9.22. The molecule has 0 radical (unpaired) electrons. The van der Waals surface area contributed by atoms with Gasteiger partial charge in [-0.2, -0.15) is 0 Å². The minimum atomic E-state index is 0.197. The van der Waals surface area contributed by atoms with E-state index >= 15 is 0 Å². The van der Waals surface area contributed by atoms with Crippen molar-refractivity contribution in [1.82, 2.24) is 0 Å². The summed E-state index contributed by atoms with van der Waals surface area (Å²) in [6.07, 6.45) is 6.04. The first-order valence-corrected chi connectivity index (χ1v) is 6.32. The zero-order chi connectivity index (χ0) is 10.5. The lowest BCUT2D eigenvalue weighted by Gasteiger charge is -2.68. The lowest BCUT2D eigenvalue weighted by molar-refractivity contribution is 0.00119. The van der Waals surface area contributed by atoms with Crippen molar-refractivity contribution in [1.29, 1.82) is 0 Å². The Kier molecular flexibility index (Phi) is 1.95. The van der Waals surface area contributed by atoms with Gasteiger partial charge in [-0.05, 0) is 36.8 Å². The largest absolute Gasteiger partial charge is 0.119 e. The molecular weight excluding hydrogens is 204 g/mol. The topological polar surface area (TPSA) is 0 Å². The van der Waals surface area contributed by atoms with Crippen LogP contribution in [-0.2, 0) is 11.8 Å². The standard InChI is InChI=1S/C14H17Cl/c1-2-3-11-4-6-12(7-5-11)13-8-14(15,9-13)10-13/h4-7H,2-3,8-10H2,1H3. The average Bonchev–Trinajstić information content (AvgIpc) is 2.14. The normalized spacial score (nSPS) is 36.9. The highest BCUT2D eigenvalue weighted by Gasteiger charge is 2.67. The molecule has 0 saturated heterocycles. The van der Waals surface area contributed by atoms with E-state index in [1.807, 2.05) is 0 Å². The highest BCUT2D eigenvalue weighted by atomic mass is 35.5. The number of benzene rings is 1. The van der Waals surface area contributed by atoms with E-state index in [2.05, 4.69) is 31.2 Å². The fourth-order valence-electron chi connectivity index (χ4n) is 3.28. The first-order valence-electron chi connectivity index (χ1n) is 5.94. The number of hydrogen-bond donors (Lipinski definition) is 0. The number of aryl methyl sites for hydroxylation is 1. The summed E-state index contributed by atoms with van der Waals surface area (Å²) < 4.78 is 0. The van der Waals surface area contributed by atoms with E-state index in [1.165, 1.54) is 43.2 Å². The van der Waals surface area contributed by atoms with Crippen molar-refractivity contribution in [3.8, 4) is 0 Å². The zero-order valence-electron chi connectivity index (χ0n) is 9.22. The number of alkyl halides is 1. The van der Waals surface area contributed by atoms with Gasteiger partial charge in [0.15, 0.2) is 0 Å². The van der Waals surface area contributed by atoms with E-state index in [0.29, 0.717) is 5.41 Å². The smallest absolute Gasteiger partial charge is 0.0472 e. The molecule has 0 atom stereocenters. The van der Waals surface area contributed by atoms with Crippen LogP contribution in [0.2, 0.25) is 0 Å². The first kappa shape index (κ1) is 9.72. The molecule has 0 unspecified atom stereocenters. The predicted octanol–water partition coefficient (Wildman–Crippen LogP) is 4.05. The van der Waals surface area contributed by atoms with E-state index < -0.39 is 0 Å². The van der Waals surface area contributed by atoms with E-state index in [1.54, 1.807) is 0 Å². The molecule has 3 aliphatic rings. The molecule has 0 amide bonds. The van der Waals surface area contributed by atoms with Crippen LogP contribution in [0.1, 0.15) is 43.7 Å². The highest BCUT2D eigenvalue weighted by molar-refractivity contribution is 6.26. The van der Waals surface area contributed by atoms with Crippen molar-refractivity contribution < 1.29 is 0 Å². The molecule has 3 fully saturated rings. The van der Waals surface area contributed by atoms with Gasteiger partial charge in [0.2, 0.25) is 0 Å². The van der Waals surface area contributed by atoms with Crippen molar-refractivity contribution in [3.63, 3.8) is 0 Å². The molecule has 3 aliphatic carbocycles. The number of rotatable bonds is 3. The fraction of sp³-hybridized carbons (Fsp3) is 0.571. The predicted molar refractivity (Wildman–Crippen MR) is 64.6 cm³/mol. The van der Waals surface area contributed by atoms with Gasteiger partial charge < -0.3 is 0 Å². The highest BCUT2D eigenvalue weighted by Crippen LogP contribution is 2.71. The van der Waals surface area contributed by atoms with Crippen LogP contribution in [0.5, 0.6) is 0 Å². The Morgan fingerprint density at radius 2 is 1.73 bits per heavy atom. The van der Waals surface area contributed by atoms with Gasteiger partial charge in [-0.15, -0.1) is 11.6 Å². The van der Waals surface area contributed by atoms with Crippen LogP contribution in [-0.4, -0.2) is 4.87 Å². The molecule has 3 saturated carbocycles. The first-order chi connectivity index (χ1) is 7.16. The Morgan fingerprint density at radius 1 is 1.13 bits per heavy atom. The Labute approximate surface area is 96.6 Å². The van der Waals surface area contributed by atoms with E-state index in [4.69, 9.17) is 11.6 Å². The Morgan fingerprint density at radius 3 is 2.20 bits per heavy atom. The second-order valence-corrected chi connectivity index (χ2v) is 6.21. The van der Waals surface area contributed by atoms with Crippen LogP contribution in [0.4, 0.5) is 0 Å². The van der Waals surface area contributed by atoms with Gasteiger partial charge in [0.25, 0.3) is 0 Å². The second-order valence-electron chi connectivity index (χ2n) is 5.41. The third-order valence-electron chi connectivity index (χ3n) is 4.07. The maximum atomic E-state index is 6.29. The number of halogens is 1. The fourth-order valence-corrected chi connectivity index (χ4v) is 4.05. The Bertz CT molecular complexity index is 357. The van der Waals surface area contributed by atoms with Gasteiger partial charge in [-0.25, -0.2) is 0 Å². The van der Waals surface area contributed by atoms with Gasteiger partial charge in [-0.1, -0.05) is 37.6 Å². The molecule has 0 spiro atoms. The third-order valence-corrected chi connectivity index (χ3v) is 4.47. The quantitative estimate of drug-likeness (QED) is 0.675. The lowest BCUT2D eigenvalue weighted by Crippen LogP contribution is -2.66. The lowest BCUT2D eigenvalue weighted by atomic mass is 9.41. The summed E-state index contributed by atoms with van der Waals surface area (Å²) >= 11 is 6.29. The molecule has 2 bridgehead atoms. The summed E-state index contributed by atoms with van der Waals surface area (Å²) in [5.74, 6) is 0. The molecule has 80 valence electrons. The molecule has 0 aromatic heterocycles. The Balaban J connectivity index is 1.77. The number of hydrogen-bond acceptors (Lipinski definition) is 0. The SMILES string of the molecule is CCCc1ccc(C23CC(Cl)(C2)C3)cc1. The van der Waals surface area contributed by atoms with Gasteiger partial charge in [-0.3, -0.25) is 0 Å². The van der Waals surface area contributed by atoms with Crippen LogP contribution >= 0.6 is 11.6 Å². The van der Waals surface area contributed by atoms with E-state index in [0.717, 1.165) is 0 Å². The summed E-state index contributed by atoms with van der Waals surface area (Å²) in [4.78, 5) is 0.197. The van der Waals surface area contributed by atoms with Crippen molar-refractivity contribution in [2.75, 3.05) is 0 Å². The Hall–Kier alpha value is -0.490. The maximum Gasteiger partial charge on any atom is 0.0472 e. The molecule has 0 N–H and O–H groups in total.